The second kappa shape index (κ2) is 11.5. The molecule has 6 nitrogen and oxygen atoms in total. The van der Waals surface area contributed by atoms with E-state index in [2.05, 4.69) is 44.3 Å². The molecule has 35 heavy (non-hydrogen) atoms. The van der Waals surface area contributed by atoms with Crippen LogP contribution in [0.4, 0.5) is 0 Å². The lowest BCUT2D eigenvalue weighted by molar-refractivity contribution is 0.0911. The number of carbonyl (C=O) groups excluding carboxylic acids is 1. The maximum Gasteiger partial charge on any atom is 0.268 e. The Hall–Kier alpha value is -1.86. The Bertz CT molecular complexity index is 993. The zero-order valence-corrected chi connectivity index (χ0v) is 21.8. The third-order valence-corrected chi connectivity index (χ3v) is 8.52. The second-order valence-corrected chi connectivity index (χ2v) is 11.2. The zero-order valence-electron chi connectivity index (χ0n) is 21.0. The first kappa shape index (κ1) is 24.8. The van der Waals surface area contributed by atoms with Crippen LogP contribution in [-0.2, 0) is 0 Å². The highest BCUT2D eigenvalue weighted by Gasteiger charge is 2.29. The molecule has 0 radical (unpaired) electrons. The van der Waals surface area contributed by atoms with E-state index >= 15 is 0 Å². The quantitative estimate of drug-likeness (QED) is 0.572. The summed E-state index contributed by atoms with van der Waals surface area (Å²) >= 11 is 6.22. The van der Waals surface area contributed by atoms with Crippen LogP contribution in [-0.4, -0.2) is 79.2 Å². The molecule has 3 aliphatic rings. The van der Waals surface area contributed by atoms with Crippen molar-refractivity contribution >= 4 is 17.5 Å². The summed E-state index contributed by atoms with van der Waals surface area (Å²) in [6.07, 6.45) is 9.99. The number of hydrogen-bond acceptors (Lipinski definition) is 4. The van der Waals surface area contributed by atoms with E-state index in [0.29, 0.717) is 17.6 Å². The molecule has 2 atom stereocenters. The van der Waals surface area contributed by atoms with Gasteiger partial charge in [-0.05, 0) is 62.5 Å². The van der Waals surface area contributed by atoms with Crippen LogP contribution in [0.25, 0.3) is 11.1 Å². The van der Waals surface area contributed by atoms with E-state index in [1.165, 1.54) is 58.3 Å². The van der Waals surface area contributed by atoms with Crippen LogP contribution in [0.3, 0.4) is 0 Å². The first-order valence-electron chi connectivity index (χ1n) is 13.5. The molecule has 2 aromatic rings. The predicted molar refractivity (Wildman–Crippen MR) is 143 cm³/mol. The third-order valence-electron chi connectivity index (χ3n) is 8.28. The van der Waals surface area contributed by atoms with Gasteiger partial charge in [-0.2, -0.15) is 0 Å². The SMILES string of the molecule is CN1CCN(C[C@@H](NCC[C@H]2CNC(=O)c3cc(-c4cccc(Cl)c4)cn32)C2CCCCC2)CC1. The molecule has 0 unspecified atom stereocenters. The van der Waals surface area contributed by atoms with Crippen LogP contribution in [0.2, 0.25) is 5.02 Å². The smallest absolute Gasteiger partial charge is 0.268 e. The number of aromatic nitrogens is 1. The van der Waals surface area contributed by atoms with Crippen molar-refractivity contribution in [3.8, 4) is 11.1 Å². The molecule has 1 aromatic heterocycles. The Morgan fingerprint density at radius 1 is 1.09 bits per heavy atom. The average Bonchev–Trinajstić information content (AvgIpc) is 3.33. The maximum atomic E-state index is 12.6. The van der Waals surface area contributed by atoms with Gasteiger partial charge in [0.25, 0.3) is 5.91 Å². The van der Waals surface area contributed by atoms with Crippen LogP contribution >= 0.6 is 11.6 Å². The highest BCUT2D eigenvalue weighted by atomic mass is 35.5. The Labute approximate surface area is 215 Å². The number of halogens is 1. The van der Waals surface area contributed by atoms with Gasteiger partial charge in [-0.3, -0.25) is 9.69 Å². The molecule has 5 rings (SSSR count). The summed E-state index contributed by atoms with van der Waals surface area (Å²) in [4.78, 5) is 17.7. The van der Waals surface area contributed by atoms with Gasteiger partial charge in [-0.25, -0.2) is 0 Å². The van der Waals surface area contributed by atoms with Gasteiger partial charge in [0.05, 0.1) is 6.04 Å². The number of hydrogen-bond donors (Lipinski definition) is 2. The van der Waals surface area contributed by atoms with Crippen molar-refractivity contribution < 1.29 is 4.79 Å². The molecular formula is C28H40ClN5O. The molecule has 1 saturated heterocycles. The van der Waals surface area contributed by atoms with Crippen LogP contribution < -0.4 is 10.6 Å². The van der Waals surface area contributed by atoms with E-state index in [4.69, 9.17) is 11.6 Å². The molecule has 190 valence electrons. The summed E-state index contributed by atoms with van der Waals surface area (Å²) in [5.41, 5.74) is 2.85. The molecule has 2 N–H and O–H groups in total. The largest absolute Gasteiger partial charge is 0.349 e. The standard InChI is InChI=1S/C28H40ClN5O/c1-32-12-14-33(15-13-32)20-26(21-6-3-2-4-7-21)30-11-10-25-18-31-28(35)27-17-23(19-34(25)27)22-8-5-9-24(29)16-22/h5,8-9,16-17,19,21,25-26,30H,2-4,6-7,10-15,18,20H2,1H3,(H,31,35)/t25-,26+/m0/s1. The molecule has 0 spiro atoms. The minimum absolute atomic E-state index is 0.0117. The fraction of sp³-hybridized carbons (Fsp3) is 0.607. The molecule has 0 bridgehead atoms. The first-order valence-corrected chi connectivity index (χ1v) is 13.8. The minimum atomic E-state index is 0.0117. The van der Waals surface area contributed by atoms with Crippen LogP contribution in [0.5, 0.6) is 0 Å². The summed E-state index contributed by atoms with van der Waals surface area (Å²) in [6.45, 7) is 7.51. The lowest BCUT2D eigenvalue weighted by atomic mass is 9.83. The number of nitrogens with one attached hydrogen (secondary N) is 2. The summed E-state index contributed by atoms with van der Waals surface area (Å²) in [5, 5.41) is 7.81. The van der Waals surface area contributed by atoms with Crippen molar-refractivity contribution in [3.05, 3.63) is 47.2 Å². The highest BCUT2D eigenvalue weighted by molar-refractivity contribution is 6.30. The first-order chi connectivity index (χ1) is 17.1. The summed E-state index contributed by atoms with van der Waals surface area (Å²) in [5.74, 6) is 0.795. The van der Waals surface area contributed by atoms with Gasteiger partial charge in [0.2, 0.25) is 0 Å². The van der Waals surface area contributed by atoms with Crippen LogP contribution in [0.15, 0.2) is 36.5 Å². The van der Waals surface area contributed by atoms with Crippen molar-refractivity contribution in [3.63, 3.8) is 0 Å². The Kier molecular flexibility index (Phi) is 8.13. The Morgan fingerprint density at radius 2 is 1.89 bits per heavy atom. The van der Waals surface area contributed by atoms with E-state index in [1.807, 2.05) is 24.3 Å². The van der Waals surface area contributed by atoms with E-state index < -0.39 is 0 Å². The van der Waals surface area contributed by atoms with Gasteiger partial charge >= 0.3 is 0 Å². The third kappa shape index (κ3) is 6.11. The second-order valence-electron chi connectivity index (χ2n) is 10.7. The number of likely N-dealkylation sites (N-methyl/N-ethyl adjacent to an activating group) is 1. The van der Waals surface area contributed by atoms with Crippen molar-refractivity contribution in [1.82, 2.24) is 25.0 Å². The molecule has 3 heterocycles. The van der Waals surface area contributed by atoms with Crippen molar-refractivity contribution in [1.29, 1.82) is 0 Å². The van der Waals surface area contributed by atoms with E-state index in [0.717, 1.165) is 42.2 Å². The lowest BCUT2D eigenvalue weighted by Gasteiger charge is -2.38. The number of benzene rings is 1. The number of fused-ring (bicyclic) bond motifs is 1. The fourth-order valence-corrected chi connectivity index (χ4v) is 6.28. The predicted octanol–water partition coefficient (Wildman–Crippen LogP) is 4.27. The minimum Gasteiger partial charge on any atom is -0.349 e. The highest BCUT2D eigenvalue weighted by Crippen LogP contribution is 2.30. The molecule has 2 aliphatic heterocycles. The van der Waals surface area contributed by atoms with E-state index in [9.17, 15) is 4.79 Å². The van der Waals surface area contributed by atoms with Crippen molar-refractivity contribution in [2.24, 2.45) is 5.92 Å². The molecule has 2 fully saturated rings. The van der Waals surface area contributed by atoms with Gasteiger partial charge in [0, 0.05) is 62.1 Å². The number of piperazine rings is 1. The van der Waals surface area contributed by atoms with Gasteiger partial charge < -0.3 is 20.1 Å². The number of nitrogens with zero attached hydrogens (tertiary/aromatic N) is 3. The maximum absolute atomic E-state index is 12.6. The van der Waals surface area contributed by atoms with E-state index in [1.54, 1.807) is 0 Å². The van der Waals surface area contributed by atoms with Gasteiger partial charge in [-0.15, -0.1) is 0 Å². The molecule has 1 saturated carbocycles. The Balaban J connectivity index is 1.24. The monoisotopic (exact) mass is 497 g/mol. The Morgan fingerprint density at radius 3 is 2.66 bits per heavy atom. The average molecular weight is 498 g/mol. The lowest BCUT2D eigenvalue weighted by Crippen LogP contribution is -2.52. The number of rotatable bonds is 8. The summed E-state index contributed by atoms with van der Waals surface area (Å²) in [7, 11) is 2.23. The van der Waals surface area contributed by atoms with Gasteiger partial charge in [0.15, 0.2) is 0 Å². The summed E-state index contributed by atoms with van der Waals surface area (Å²) in [6, 6.07) is 10.7. The van der Waals surface area contributed by atoms with Crippen LogP contribution in [0.1, 0.15) is 55.1 Å². The van der Waals surface area contributed by atoms with Crippen molar-refractivity contribution in [2.75, 3.05) is 52.9 Å². The van der Waals surface area contributed by atoms with Gasteiger partial charge in [-0.1, -0.05) is 43.0 Å². The molecular weight excluding hydrogens is 458 g/mol. The molecule has 1 aliphatic carbocycles. The van der Waals surface area contributed by atoms with Crippen molar-refractivity contribution in [2.45, 2.75) is 50.6 Å². The normalized spacial score (nSPS) is 23.1. The van der Waals surface area contributed by atoms with E-state index in [-0.39, 0.29) is 11.9 Å². The van der Waals surface area contributed by atoms with Gasteiger partial charge in [0.1, 0.15) is 5.69 Å². The summed E-state index contributed by atoms with van der Waals surface area (Å²) < 4.78 is 2.19. The molecule has 1 aromatic carbocycles. The molecule has 1 amide bonds. The topological polar surface area (TPSA) is 52.5 Å². The zero-order chi connectivity index (χ0) is 24.2. The molecule has 7 heteroatoms. The van der Waals surface area contributed by atoms with Crippen LogP contribution in [0, 0.1) is 5.92 Å². The number of amides is 1. The number of carbonyl (C=O) groups is 1. The fourth-order valence-electron chi connectivity index (χ4n) is 6.09.